The first-order valence-corrected chi connectivity index (χ1v) is 9.48. The van der Waals surface area contributed by atoms with Gasteiger partial charge in [0.2, 0.25) is 5.13 Å². The Hall–Kier alpha value is -1.99. The Morgan fingerprint density at radius 3 is 2.64 bits per heavy atom. The largest absolute Gasteiger partial charge is 0.373 e. The Labute approximate surface area is 152 Å². The lowest BCUT2D eigenvalue weighted by atomic mass is 10.1. The van der Waals surface area contributed by atoms with Gasteiger partial charge in [-0.05, 0) is 18.4 Å². The number of amides is 2. The van der Waals surface area contributed by atoms with Crippen LogP contribution in [-0.2, 0) is 11.3 Å². The molecule has 1 aromatic heterocycles. The van der Waals surface area contributed by atoms with E-state index >= 15 is 0 Å². The average molecular weight is 360 g/mol. The molecular weight excluding hydrogens is 336 g/mol. The Morgan fingerprint density at radius 2 is 2.00 bits per heavy atom. The summed E-state index contributed by atoms with van der Waals surface area (Å²) < 4.78 is 5.97. The van der Waals surface area contributed by atoms with Crippen LogP contribution in [0.3, 0.4) is 0 Å². The summed E-state index contributed by atoms with van der Waals surface area (Å²) in [4.78, 5) is 14.2. The number of likely N-dealkylation sites (tertiary alicyclic amines) is 1. The zero-order chi connectivity index (χ0) is 17.6. The van der Waals surface area contributed by atoms with Gasteiger partial charge in [0.15, 0.2) is 0 Å². The first-order valence-electron chi connectivity index (χ1n) is 8.66. The summed E-state index contributed by atoms with van der Waals surface area (Å²) in [7, 11) is 0. The Kier molecular flexibility index (Phi) is 5.99. The number of ether oxygens (including phenoxy) is 1. The van der Waals surface area contributed by atoms with Crippen LogP contribution in [0.15, 0.2) is 30.3 Å². The van der Waals surface area contributed by atoms with Crippen molar-refractivity contribution in [1.82, 2.24) is 15.1 Å². The molecule has 0 radical (unpaired) electrons. The molecule has 2 amide bonds. The highest BCUT2D eigenvalue weighted by molar-refractivity contribution is 7.15. The molecule has 134 valence electrons. The molecule has 1 fully saturated rings. The number of carbonyl (C=O) groups excluding carboxylic acids is 1. The molecule has 7 heteroatoms. The monoisotopic (exact) mass is 360 g/mol. The fourth-order valence-electron chi connectivity index (χ4n) is 2.70. The third kappa shape index (κ3) is 4.99. The van der Waals surface area contributed by atoms with E-state index in [-0.39, 0.29) is 12.1 Å². The second-order valence-electron chi connectivity index (χ2n) is 6.51. The lowest BCUT2D eigenvalue weighted by Crippen LogP contribution is -2.43. The van der Waals surface area contributed by atoms with Crippen LogP contribution in [0.5, 0.6) is 0 Å². The molecule has 0 unspecified atom stereocenters. The molecule has 1 N–H and O–H groups in total. The van der Waals surface area contributed by atoms with Crippen LogP contribution in [-0.4, -0.2) is 40.3 Å². The van der Waals surface area contributed by atoms with Crippen molar-refractivity contribution in [3.63, 3.8) is 0 Å². The molecule has 0 spiro atoms. The minimum absolute atomic E-state index is 0.104. The molecule has 2 heterocycles. The zero-order valence-electron chi connectivity index (χ0n) is 14.6. The van der Waals surface area contributed by atoms with Crippen molar-refractivity contribution >= 4 is 22.5 Å². The summed E-state index contributed by atoms with van der Waals surface area (Å²) in [5, 5.41) is 12.5. The number of anilines is 1. The van der Waals surface area contributed by atoms with Crippen molar-refractivity contribution in [2.45, 2.75) is 45.3 Å². The minimum Gasteiger partial charge on any atom is -0.373 e. The fourth-order valence-corrected chi connectivity index (χ4v) is 3.44. The Bertz CT molecular complexity index is 681. The lowest BCUT2D eigenvalue weighted by molar-refractivity contribution is 0.00540. The molecule has 1 saturated heterocycles. The van der Waals surface area contributed by atoms with E-state index in [9.17, 15) is 4.79 Å². The van der Waals surface area contributed by atoms with Crippen molar-refractivity contribution in [3.8, 4) is 0 Å². The van der Waals surface area contributed by atoms with Gasteiger partial charge in [0.25, 0.3) is 0 Å². The van der Waals surface area contributed by atoms with Crippen LogP contribution in [0, 0.1) is 0 Å². The number of nitrogens with zero attached hydrogens (tertiary/aromatic N) is 3. The van der Waals surface area contributed by atoms with Gasteiger partial charge in [-0.25, -0.2) is 4.79 Å². The van der Waals surface area contributed by atoms with E-state index in [1.807, 2.05) is 23.1 Å². The van der Waals surface area contributed by atoms with E-state index in [0.717, 1.165) is 17.8 Å². The molecule has 0 saturated carbocycles. The molecular formula is C18H24N4O2S. The maximum Gasteiger partial charge on any atom is 0.323 e. The van der Waals surface area contributed by atoms with E-state index in [4.69, 9.17) is 4.74 Å². The molecule has 1 aliphatic rings. The van der Waals surface area contributed by atoms with Crippen LogP contribution in [0.2, 0.25) is 0 Å². The SMILES string of the molecule is CC(C)c1nnc(NC(=O)N2CCC(OCc3ccccc3)CC2)s1. The van der Waals surface area contributed by atoms with E-state index in [2.05, 4.69) is 41.5 Å². The highest BCUT2D eigenvalue weighted by atomic mass is 32.1. The van der Waals surface area contributed by atoms with E-state index in [0.29, 0.717) is 30.7 Å². The standard InChI is InChI=1S/C18H24N4O2S/c1-13(2)16-20-21-17(25-16)19-18(23)22-10-8-15(9-11-22)24-12-14-6-4-3-5-7-14/h3-7,13,15H,8-12H2,1-2H3,(H,19,21,23). The maximum atomic E-state index is 12.3. The van der Waals surface area contributed by atoms with Gasteiger partial charge in [-0.3, -0.25) is 5.32 Å². The quantitative estimate of drug-likeness (QED) is 0.879. The summed E-state index contributed by atoms with van der Waals surface area (Å²) in [6.45, 7) is 6.14. The maximum absolute atomic E-state index is 12.3. The molecule has 25 heavy (non-hydrogen) atoms. The second kappa shape index (κ2) is 8.40. The fraction of sp³-hybridized carbons (Fsp3) is 0.500. The molecule has 0 atom stereocenters. The van der Waals surface area contributed by atoms with E-state index < -0.39 is 0 Å². The average Bonchev–Trinajstić information content (AvgIpc) is 3.10. The number of hydrogen-bond donors (Lipinski definition) is 1. The zero-order valence-corrected chi connectivity index (χ0v) is 15.5. The molecule has 0 bridgehead atoms. The van der Waals surface area contributed by atoms with Crippen LogP contribution >= 0.6 is 11.3 Å². The minimum atomic E-state index is -0.104. The van der Waals surface area contributed by atoms with Gasteiger partial charge in [-0.1, -0.05) is 55.5 Å². The van der Waals surface area contributed by atoms with Crippen molar-refractivity contribution in [3.05, 3.63) is 40.9 Å². The van der Waals surface area contributed by atoms with Crippen LogP contribution in [0.4, 0.5) is 9.93 Å². The Morgan fingerprint density at radius 1 is 1.28 bits per heavy atom. The third-order valence-corrected chi connectivity index (χ3v) is 5.35. The molecule has 0 aliphatic carbocycles. The highest BCUT2D eigenvalue weighted by Gasteiger charge is 2.24. The number of aromatic nitrogens is 2. The molecule has 1 aliphatic heterocycles. The highest BCUT2D eigenvalue weighted by Crippen LogP contribution is 2.23. The van der Waals surface area contributed by atoms with Gasteiger partial charge >= 0.3 is 6.03 Å². The van der Waals surface area contributed by atoms with Crippen molar-refractivity contribution < 1.29 is 9.53 Å². The van der Waals surface area contributed by atoms with Gasteiger partial charge in [0.05, 0.1) is 12.7 Å². The number of benzene rings is 1. The summed E-state index contributed by atoms with van der Waals surface area (Å²) in [5.41, 5.74) is 1.18. The number of rotatable bonds is 5. The number of hydrogen-bond acceptors (Lipinski definition) is 5. The lowest BCUT2D eigenvalue weighted by Gasteiger charge is -2.31. The predicted molar refractivity (Wildman–Crippen MR) is 98.8 cm³/mol. The molecule has 2 aromatic rings. The number of piperidine rings is 1. The van der Waals surface area contributed by atoms with E-state index in [1.54, 1.807) is 0 Å². The number of carbonyl (C=O) groups is 1. The van der Waals surface area contributed by atoms with Crippen molar-refractivity contribution in [1.29, 1.82) is 0 Å². The smallest absolute Gasteiger partial charge is 0.323 e. The van der Waals surface area contributed by atoms with Gasteiger partial charge in [-0.15, -0.1) is 10.2 Å². The summed E-state index contributed by atoms with van der Waals surface area (Å²) in [6, 6.07) is 10.1. The molecule has 1 aromatic carbocycles. The topological polar surface area (TPSA) is 67.4 Å². The van der Waals surface area contributed by atoms with Crippen LogP contribution < -0.4 is 5.32 Å². The number of urea groups is 1. The molecule has 6 nitrogen and oxygen atoms in total. The second-order valence-corrected chi connectivity index (χ2v) is 7.52. The Balaban J connectivity index is 1.42. The van der Waals surface area contributed by atoms with Gasteiger partial charge < -0.3 is 9.64 Å². The predicted octanol–water partition coefficient (Wildman–Crippen LogP) is 3.87. The van der Waals surface area contributed by atoms with Crippen molar-refractivity contribution in [2.75, 3.05) is 18.4 Å². The number of nitrogens with one attached hydrogen (secondary N) is 1. The third-order valence-electron chi connectivity index (χ3n) is 4.21. The summed E-state index contributed by atoms with van der Waals surface area (Å²) >= 11 is 1.43. The van der Waals surface area contributed by atoms with Crippen LogP contribution in [0.1, 0.15) is 43.2 Å². The normalized spacial score (nSPS) is 15.6. The van der Waals surface area contributed by atoms with E-state index in [1.165, 1.54) is 16.9 Å². The van der Waals surface area contributed by atoms with Gasteiger partial charge in [0, 0.05) is 19.0 Å². The van der Waals surface area contributed by atoms with Crippen LogP contribution in [0.25, 0.3) is 0 Å². The van der Waals surface area contributed by atoms with Crippen molar-refractivity contribution in [2.24, 2.45) is 0 Å². The first-order chi connectivity index (χ1) is 12.1. The van der Waals surface area contributed by atoms with Gasteiger partial charge in [0.1, 0.15) is 5.01 Å². The molecule has 3 rings (SSSR count). The first kappa shape index (κ1) is 17.8. The summed E-state index contributed by atoms with van der Waals surface area (Å²) in [6.07, 6.45) is 1.92. The van der Waals surface area contributed by atoms with Gasteiger partial charge in [-0.2, -0.15) is 0 Å². The summed E-state index contributed by atoms with van der Waals surface area (Å²) in [5.74, 6) is 0.320.